The smallest absolute Gasteiger partial charge is 0.225 e. The lowest BCUT2D eigenvalue weighted by Crippen LogP contribution is -2.50. The largest absolute Gasteiger partial charge is 0.385 e. The van der Waals surface area contributed by atoms with E-state index >= 15 is 0 Å². The van der Waals surface area contributed by atoms with Crippen molar-refractivity contribution in [1.82, 2.24) is 25.5 Å². The Balaban J connectivity index is 0.00000385. The van der Waals surface area contributed by atoms with Gasteiger partial charge in [0.05, 0.1) is 0 Å². The summed E-state index contributed by atoms with van der Waals surface area (Å²) in [7, 11) is 1.77. The fraction of sp³-hybridized carbons (Fsp3) is 0.739. The fourth-order valence-electron chi connectivity index (χ4n) is 4.58. The number of rotatable bonds is 10. The molecule has 10 heteroatoms. The van der Waals surface area contributed by atoms with Crippen LogP contribution in [0, 0.1) is 5.41 Å². The molecule has 1 aliphatic carbocycles. The Morgan fingerprint density at radius 1 is 1.15 bits per heavy atom. The quantitative estimate of drug-likeness (QED) is 0.252. The Bertz CT molecular complexity index is 721. The first-order chi connectivity index (χ1) is 15.7. The van der Waals surface area contributed by atoms with Gasteiger partial charge in [-0.15, -0.1) is 24.0 Å². The minimum absolute atomic E-state index is 0. The molecule has 0 bridgehead atoms. The summed E-state index contributed by atoms with van der Waals surface area (Å²) in [5, 5.41) is 6.67. The second-order valence-corrected chi connectivity index (χ2v) is 8.74. The van der Waals surface area contributed by atoms with Gasteiger partial charge in [-0.25, -0.2) is 9.97 Å². The van der Waals surface area contributed by atoms with Crippen LogP contribution in [0.2, 0.25) is 0 Å². The summed E-state index contributed by atoms with van der Waals surface area (Å²) in [6, 6.07) is 1.81. The standard InChI is InChI=1S/C23H39N7O2.HI/c1-3-24-21(28-19-23(10-18-32-2)8-4-5-9-23)25-13-7-20(31)29-14-16-30(17-15-29)22-26-11-6-12-27-22;/h6,11-12H,3-5,7-10,13-19H2,1-2H3,(H2,24,25,28);1H. The number of ether oxygens (including phenoxy) is 1. The summed E-state index contributed by atoms with van der Waals surface area (Å²) in [5.74, 6) is 1.71. The van der Waals surface area contributed by atoms with E-state index in [0.717, 1.165) is 51.1 Å². The van der Waals surface area contributed by atoms with Crippen LogP contribution in [0.25, 0.3) is 0 Å². The van der Waals surface area contributed by atoms with Crippen molar-refractivity contribution in [3.8, 4) is 0 Å². The third-order valence-electron chi connectivity index (χ3n) is 6.52. The summed E-state index contributed by atoms with van der Waals surface area (Å²) >= 11 is 0. The number of aromatic nitrogens is 2. The summed E-state index contributed by atoms with van der Waals surface area (Å²) in [6.07, 6.45) is 10.0. The molecule has 3 rings (SSSR count). The highest BCUT2D eigenvalue weighted by molar-refractivity contribution is 14.0. The molecule has 2 heterocycles. The zero-order valence-corrected chi connectivity index (χ0v) is 22.4. The van der Waals surface area contributed by atoms with Crippen LogP contribution in [-0.2, 0) is 9.53 Å². The molecule has 2 N–H and O–H groups in total. The van der Waals surface area contributed by atoms with Gasteiger partial charge in [0.2, 0.25) is 11.9 Å². The molecule has 1 amide bonds. The monoisotopic (exact) mass is 573 g/mol. The SMILES string of the molecule is CCNC(=NCC1(CCOC)CCCC1)NCCC(=O)N1CCN(c2ncccn2)CC1.I. The molecule has 0 radical (unpaired) electrons. The predicted octanol–water partition coefficient (Wildman–Crippen LogP) is 2.29. The Kier molecular flexibility index (Phi) is 12.1. The van der Waals surface area contributed by atoms with Crippen molar-refractivity contribution >= 4 is 41.8 Å². The van der Waals surface area contributed by atoms with Crippen molar-refractivity contribution in [3.05, 3.63) is 18.5 Å². The highest BCUT2D eigenvalue weighted by Gasteiger charge is 2.33. The second kappa shape index (κ2) is 14.5. The zero-order valence-electron chi connectivity index (χ0n) is 20.1. The molecule has 1 aromatic rings. The number of aliphatic imine (C=N–C) groups is 1. The van der Waals surface area contributed by atoms with Gasteiger partial charge >= 0.3 is 0 Å². The van der Waals surface area contributed by atoms with Crippen LogP contribution in [-0.4, -0.2) is 86.3 Å². The molecule has 186 valence electrons. The zero-order chi connectivity index (χ0) is 22.7. The van der Waals surface area contributed by atoms with Crippen molar-refractivity contribution in [3.63, 3.8) is 0 Å². The molecule has 0 aromatic carbocycles. The van der Waals surface area contributed by atoms with Crippen LogP contribution in [0.1, 0.15) is 45.4 Å². The molecule has 1 aromatic heterocycles. The van der Waals surface area contributed by atoms with Gasteiger partial charge in [-0.05, 0) is 37.7 Å². The van der Waals surface area contributed by atoms with Crippen LogP contribution in [0.4, 0.5) is 5.95 Å². The van der Waals surface area contributed by atoms with Gasteiger partial charge in [0.15, 0.2) is 5.96 Å². The average molecular weight is 574 g/mol. The van der Waals surface area contributed by atoms with E-state index in [1.165, 1.54) is 25.7 Å². The number of carbonyl (C=O) groups excluding carboxylic acids is 1. The summed E-state index contributed by atoms with van der Waals surface area (Å²) < 4.78 is 5.33. The lowest BCUT2D eigenvalue weighted by molar-refractivity contribution is -0.131. The van der Waals surface area contributed by atoms with Gasteiger partial charge in [-0.2, -0.15) is 0 Å². The third kappa shape index (κ3) is 8.55. The number of guanidine groups is 1. The summed E-state index contributed by atoms with van der Waals surface area (Å²) in [5.41, 5.74) is 0.260. The lowest BCUT2D eigenvalue weighted by Gasteiger charge is -2.34. The van der Waals surface area contributed by atoms with Crippen molar-refractivity contribution in [2.24, 2.45) is 10.4 Å². The highest BCUT2D eigenvalue weighted by atomic mass is 127. The maximum Gasteiger partial charge on any atom is 0.225 e. The van der Waals surface area contributed by atoms with Gasteiger partial charge in [0.1, 0.15) is 0 Å². The summed E-state index contributed by atoms with van der Waals surface area (Å²) in [6.45, 7) is 7.97. The van der Waals surface area contributed by atoms with Crippen LogP contribution in [0.5, 0.6) is 0 Å². The number of anilines is 1. The highest BCUT2D eigenvalue weighted by Crippen LogP contribution is 2.41. The number of carbonyl (C=O) groups is 1. The molecule has 2 fully saturated rings. The molecule has 0 spiro atoms. The summed E-state index contributed by atoms with van der Waals surface area (Å²) in [4.78, 5) is 30.2. The maximum atomic E-state index is 12.7. The van der Waals surface area contributed by atoms with Crippen LogP contribution in [0.3, 0.4) is 0 Å². The van der Waals surface area contributed by atoms with Gasteiger partial charge in [0.25, 0.3) is 0 Å². The Morgan fingerprint density at radius 2 is 1.85 bits per heavy atom. The van der Waals surface area contributed by atoms with Gasteiger partial charge in [-0.3, -0.25) is 9.79 Å². The van der Waals surface area contributed by atoms with E-state index in [1.807, 2.05) is 11.0 Å². The number of amides is 1. The Hall–Kier alpha value is -1.69. The predicted molar refractivity (Wildman–Crippen MR) is 142 cm³/mol. The topological polar surface area (TPSA) is 95.0 Å². The number of piperazine rings is 1. The molecule has 33 heavy (non-hydrogen) atoms. The van der Waals surface area contributed by atoms with E-state index in [9.17, 15) is 4.79 Å². The van der Waals surface area contributed by atoms with Crippen molar-refractivity contribution < 1.29 is 9.53 Å². The second-order valence-electron chi connectivity index (χ2n) is 8.74. The molecule has 2 aliphatic rings. The first-order valence-electron chi connectivity index (χ1n) is 12.0. The molecule has 0 atom stereocenters. The fourth-order valence-corrected chi connectivity index (χ4v) is 4.58. The van der Waals surface area contributed by atoms with E-state index in [-0.39, 0.29) is 35.3 Å². The van der Waals surface area contributed by atoms with E-state index in [0.29, 0.717) is 26.1 Å². The van der Waals surface area contributed by atoms with Crippen LogP contribution < -0.4 is 15.5 Å². The molecular weight excluding hydrogens is 533 g/mol. The van der Waals surface area contributed by atoms with E-state index in [1.54, 1.807) is 19.5 Å². The molecule has 1 aliphatic heterocycles. The number of hydrogen-bond donors (Lipinski definition) is 2. The minimum atomic E-state index is 0. The Labute approximate surface area is 215 Å². The minimum Gasteiger partial charge on any atom is -0.385 e. The molecule has 1 saturated carbocycles. The number of methoxy groups -OCH3 is 1. The van der Waals surface area contributed by atoms with Gasteiger partial charge in [0, 0.05) is 78.3 Å². The number of nitrogens with one attached hydrogen (secondary N) is 2. The first kappa shape index (κ1) is 27.6. The first-order valence-corrected chi connectivity index (χ1v) is 12.0. The van der Waals surface area contributed by atoms with Crippen LogP contribution in [0.15, 0.2) is 23.5 Å². The number of hydrogen-bond acceptors (Lipinski definition) is 6. The van der Waals surface area contributed by atoms with Crippen molar-refractivity contribution in [2.45, 2.75) is 45.4 Å². The average Bonchev–Trinajstić information content (AvgIpc) is 3.31. The van der Waals surface area contributed by atoms with Crippen LogP contribution >= 0.6 is 24.0 Å². The maximum absolute atomic E-state index is 12.7. The molecular formula is C23H40IN7O2. The molecule has 9 nitrogen and oxygen atoms in total. The third-order valence-corrected chi connectivity index (χ3v) is 6.52. The number of nitrogens with zero attached hydrogens (tertiary/aromatic N) is 5. The van der Waals surface area contributed by atoms with E-state index in [4.69, 9.17) is 9.73 Å². The molecule has 0 unspecified atom stereocenters. The molecule has 1 saturated heterocycles. The number of halogens is 1. The van der Waals surface area contributed by atoms with Gasteiger partial charge in [-0.1, -0.05) is 12.8 Å². The Morgan fingerprint density at radius 3 is 2.48 bits per heavy atom. The van der Waals surface area contributed by atoms with E-state index < -0.39 is 0 Å². The van der Waals surface area contributed by atoms with E-state index in [2.05, 4.69) is 32.4 Å². The lowest BCUT2D eigenvalue weighted by atomic mass is 9.83. The van der Waals surface area contributed by atoms with Gasteiger partial charge < -0.3 is 25.2 Å². The normalized spacial score (nSPS) is 18.1. The van der Waals surface area contributed by atoms with Crippen molar-refractivity contribution in [2.75, 3.05) is 64.4 Å². The van der Waals surface area contributed by atoms with Crippen molar-refractivity contribution in [1.29, 1.82) is 0 Å².